The van der Waals surface area contributed by atoms with Crippen LogP contribution in [0.4, 0.5) is 0 Å². The summed E-state index contributed by atoms with van der Waals surface area (Å²) in [7, 11) is 0. The standard InChI is InChI=1S/C11H13ClO3/c1-7(2)10(11(13)14)15-9-5-3-4-8(12)6-9/h3-7,10H,1-2H3,(H,13,14)/t10-/m1/s1. The third-order valence-electron chi connectivity index (χ3n) is 1.91. The first kappa shape index (κ1) is 11.9. The van der Waals surface area contributed by atoms with Crippen LogP contribution in [0, 0.1) is 5.92 Å². The van der Waals surface area contributed by atoms with Gasteiger partial charge in [-0.1, -0.05) is 31.5 Å². The molecule has 1 atom stereocenters. The first-order chi connectivity index (χ1) is 7.00. The molecule has 0 amide bonds. The molecule has 15 heavy (non-hydrogen) atoms. The molecule has 0 aliphatic rings. The van der Waals surface area contributed by atoms with Crippen molar-refractivity contribution in [3.8, 4) is 5.75 Å². The monoisotopic (exact) mass is 228 g/mol. The van der Waals surface area contributed by atoms with Crippen molar-refractivity contribution in [1.29, 1.82) is 0 Å². The van der Waals surface area contributed by atoms with E-state index in [1.165, 1.54) is 0 Å². The van der Waals surface area contributed by atoms with Crippen LogP contribution in [0.1, 0.15) is 13.8 Å². The van der Waals surface area contributed by atoms with E-state index in [0.717, 1.165) is 0 Å². The minimum Gasteiger partial charge on any atom is -0.478 e. The largest absolute Gasteiger partial charge is 0.478 e. The molecule has 0 heterocycles. The first-order valence-electron chi connectivity index (χ1n) is 4.65. The van der Waals surface area contributed by atoms with Gasteiger partial charge in [0.25, 0.3) is 0 Å². The summed E-state index contributed by atoms with van der Waals surface area (Å²) >= 11 is 5.76. The molecule has 3 nitrogen and oxygen atoms in total. The van der Waals surface area contributed by atoms with Gasteiger partial charge in [0.15, 0.2) is 6.10 Å². The Morgan fingerprint density at radius 2 is 2.13 bits per heavy atom. The Kier molecular flexibility index (Phi) is 3.97. The van der Waals surface area contributed by atoms with Gasteiger partial charge in [0.1, 0.15) is 5.75 Å². The van der Waals surface area contributed by atoms with E-state index in [1.807, 2.05) is 0 Å². The van der Waals surface area contributed by atoms with E-state index in [9.17, 15) is 4.79 Å². The second-order valence-electron chi connectivity index (χ2n) is 3.58. The fourth-order valence-electron chi connectivity index (χ4n) is 1.16. The maximum Gasteiger partial charge on any atom is 0.345 e. The van der Waals surface area contributed by atoms with Crippen LogP contribution in [0.15, 0.2) is 24.3 Å². The van der Waals surface area contributed by atoms with E-state index in [-0.39, 0.29) is 5.92 Å². The van der Waals surface area contributed by atoms with Crippen LogP contribution in [0.3, 0.4) is 0 Å². The fourth-order valence-corrected chi connectivity index (χ4v) is 1.34. The Labute approximate surface area is 93.6 Å². The minimum atomic E-state index is -0.968. The molecule has 1 rings (SSSR count). The molecule has 0 bridgehead atoms. The SMILES string of the molecule is CC(C)[C@@H](Oc1cccc(Cl)c1)C(=O)O. The lowest BCUT2D eigenvalue weighted by molar-refractivity contribution is -0.147. The highest BCUT2D eigenvalue weighted by atomic mass is 35.5. The molecule has 1 aromatic carbocycles. The van der Waals surface area contributed by atoms with Crippen LogP contribution in [-0.4, -0.2) is 17.2 Å². The molecule has 82 valence electrons. The van der Waals surface area contributed by atoms with Gasteiger partial charge < -0.3 is 9.84 Å². The molecule has 0 saturated carbocycles. The Hall–Kier alpha value is -1.22. The molecule has 0 radical (unpaired) electrons. The average molecular weight is 229 g/mol. The zero-order valence-electron chi connectivity index (χ0n) is 8.61. The summed E-state index contributed by atoms with van der Waals surface area (Å²) in [6.45, 7) is 3.59. The molecule has 0 fully saturated rings. The van der Waals surface area contributed by atoms with Gasteiger partial charge in [-0.3, -0.25) is 0 Å². The van der Waals surface area contributed by atoms with Crippen molar-refractivity contribution >= 4 is 17.6 Å². The van der Waals surface area contributed by atoms with Gasteiger partial charge in [0, 0.05) is 10.9 Å². The van der Waals surface area contributed by atoms with E-state index in [1.54, 1.807) is 38.1 Å². The average Bonchev–Trinajstić information content (AvgIpc) is 2.13. The van der Waals surface area contributed by atoms with Crippen molar-refractivity contribution in [2.75, 3.05) is 0 Å². The third kappa shape index (κ3) is 3.44. The third-order valence-corrected chi connectivity index (χ3v) is 2.14. The zero-order chi connectivity index (χ0) is 11.4. The van der Waals surface area contributed by atoms with E-state index in [4.69, 9.17) is 21.4 Å². The van der Waals surface area contributed by atoms with E-state index in [2.05, 4.69) is 0 Å². The van der Waals surface area contributed by atoms with Gasteiger partial charge in [-0.25, -0.2) is 4.79 Å². The maximum atomic E-state index is 10.9. The Morgan fingerprint density at radius 3 is 2.60 bits per heavy atom. The van der Waals surface area contributed by atoms with Gasteiger partial charge >= 0.3 is 5.97 Å². The van der Waals surface area contributed by atoms with Gasteiger partial charge in [-0.05, 0) is 18.2 Å². The summed E-state index contributed by atoms with van der Waals surface area (Å²) in [5.74, 6) is -0.588. The summed E-state index contributed by atoms with van der Waals surface area (Å²) in [4.78, 5) is 10.9. The highest BCUT2D eigenvalue weighted by molar-refractivity contribution is 6.30. The number of carboxylic acids is 1. The lowest BCUT2D eigenvalue weighted by Gasteiger charge is -2.18. The molecule has 0 aromatic heterocycles. The highest BCUT2D eigenvalue weighted by Crippen LogP contribution is 2.20. The maximum absolute atomic E-state index is 10.9. The van der Waals surface area contributed by atoms with Crippen molar-refractivity contribution in [1.82, 2.24) is 0 Å². The first-order valence-corrected chi connectivity index (χ1v) is 5.03. The van der Waals surface area contributed by atoms with Crippen molar-refractivity contribution in [3.05, 3.63) is 29.3 Å². The quantitative estimate of drug-likeness (QED) is 0.862. The zero-order valence-corrected chi connectivity index (χ0v) is 9.36. The molecule has 0 unspecified atom stereocenters. The van der Waals surface area contributed by atoms with E-state index in [0.29, 0.717) is 10.8 Å². The lowest BCUT2D eigenvalue weighted by Crippen LogP contribution is -2.32. The number of carbonyl (C=O) groups is 1. The number of rotatable bonds is 4. The molecular formula is C11H13ClO3. The molecule has 0 aliphatic heterocycles. The van der Waals surface area contributed by atoms with Crippen molar-refractivity contribution in [2.24, 2.45) is 5.92 Å². The number of ether oxygens (including phenoxy) is 1. The molecule has 0 saturated heterocycles. The molecule has 4 heteroatoms. The number of hydrogen-bond donors (Lipinski definition) is 1. The fraction of sp³-hybridized carbons (Fsp3) is 0.364. The van der Waals surface area contributed by atoms with Crippen LogP contribution < -0.4 is 4.74 Å². The normalized spacial score (nSPS) is 12.5. The molecule has 1 aromatic rings. The summed E-state index contributed by atoms with van der Waals surface area (Å²) in [5.41, 5.74) is 0. The predicted molar refractivity (Wildman–Crippen MR) is 58.3 cm³/mol. The van der Waals surface area contributed by atoms with Crippen molar-refractivity contribution < 1.29 is 14.6 Å². The second-order valence-corrected chi connectivity index (χ2v) is 4.01. The van der Waals surface area contributed by atoms with Crippen LogP contribution in [-0.2, 0) is 4.79 Å². The van der Waals surface area contributed by atoms with Gasteiger partial charge in [-0.15, -0.1) is 0 Å². The number of halogens is 1. The lowest BCUT2D eigenvalue weighted by atomic mass is 10.1. The van der Waals surface area contributed by atoms with Crippen LogP contribution >= 0.6 is 11.6 Å². The van der Waals surface area contributed by atoms with Crippen LogP contribution in [0.5, 0.6) is 5.75 Å². The molecular weight excluding hydrogens is 216 g/mol. The van der Waals surface area contributed by atoms with Crippen molar-refractivity contribution in [2.45, 2.75) is 20.0 Å². The Bertz CT molecular complexity index is 349. The number of hydrogen-bond acceptors (Lipinski definition) is 2. The van der Waals surface area contributed by atoms with E-state index >= 15 is 0 Å². The Balaban J connectivity index is 2.79. The van der Waals surface area contributed by atoms with E-state index < -0.39 is 12.1 Å². The Morgan fingerprint density at radius 1 is 1.47 bits per heavy atom. The van der Waals surface area contributed by atoms with Gasteiger partial charge in [0.05, 0.1) is 0 Å². The summed E-state index contributed by atoms with van der Waals surface area (Å²) in [5, 5.41) is 9.44. The summed E-state index contributed by atoms with van der Waals surface area (Å²) < 4.78 is 5.33. The van der Waals surface area contributed by atoms with Gasteiger partial charge in [0.2, 0.25) is 0 Å². The number of benzene rings is 1. The molecule has 1 N–H and O–H groups in total. The summed E-state index contributed by atoms with van der Waals surface area (Å²) in [6, 6.07) is 6.71. The molecule has 0 spiro atoms. The summed E-state index contributed by atoms with van der Waals surface area (Å²) in [6.07, 6.45) is -0.844. The highest BCUT2D eigenvalue weighted by Gasteiger charge is 2.23. The van der Waals surface area contributed by atoms with Crippen LogP contribution in [0.2, 0.25) is 5.02 Å². The second kappa shape index (κ2) is 5.03. The molecule has 0 aliphatic carbocycles. The van der Waals surface area contributed by atoms with Crippen LogP contribution in [0.25, 0.3) is 0 Å². The minimum absolute atomic E-state index is 0.0959. The van der Waals surface area contributed by atoms with Crippen molar-refractivity contribution in [3.63, 3.8) is 0 Å². The predicted octanol–water partition coefficient (Wildman–Crippen LogP) is 2.83. The van der Waals surface area contributed by atoms with Gasteiger partial charge in [-0.2, -0.15) is 0 Å². The topological polar surface area (TPSA) is 46.5 Å². The smallest absolute Gasteiger partial charge is 0.345 e. The number of aliphatic carboxylic acids is 1. The number of carboxylic acid groups (broad SMARTS) is 1.